The Labute approximate surface area is 136 Å². The van der Waals surface area contributed by atoms with E-state index in [-0.39, 0.29) is 18.2 Å². The van der Waals surface area contributed by atoms with E-state index in [0.717, 1.165) is 15.8 Å². The zero-order valence-corrected chi connectivity index (χ0v) is 13.6. The van der Waals surface area contributed by atoms with Crippen LogP contribution in [0.5, 0.6) is 0 Å². The molecule has 1 aromatic carbocycles. The molecular formula is C16H18F3N2OS+. The highest BCUT2D eigenvalue weighted by Gasteiger charge is 2.35. The number of likely N-dealkylation sites (N-methyl/N-ethyl adjacent to an activating group) is 1. The van der Waals surface area contributed by atoms with Crippen LogP contribution in [0.3, 0.4) is 0 Å². The molecule has 0 unspecified atom stereocenters. The summed E-state index contributed by atoms with van der Waals surface area (Å²) in [7, 11) is 3.89. The van der Waals surface area contributed by atoms with Crippen molar-refractivity contribution < 1.29 is 22.9 Å². The van der Waals surface area contributed by atoms with E-state index in [1.54, 1.807) is 11.3 Å². The quantitative estimate of drug-likeness (QED) is 0.859. The average molecular weight is 343 g/mol. The van der Waals surface area contributed by atoms with Gasteiger partial charge in [0.2, 0.25) is 0 Å². The zero-order chi connectivity index (χ0) is 17.0. The molecule has 1 atom stereocenters. The number of hydrogen-bond acceptors (Lipinski definition) is 2. The van der Waals surface area contributed by atoms with Crippen LogP contribution in [0.25, 0.3) is 0 Å². The molecular weight excluding hydrogens is 325 g/mol. The van der Waals surface area contributed by atoms with Gasteiger partial charge in [0.25, 0.3) is 5.91 Å². The smallest absolute Gasteiger partial charge is 0.346 e. The maximum absolute atomic E-state index is 13.0. The Hall–Kier alpha value is -1.86. The number of carbonyl (C=O) groups excluding carboxylic acids is 1. The van der Waals surface area contributed by atoms with Gasteiger partial charge in [-0.1, -0.05) is 18.2 Å². The lowest BCUT2D eigenvalue weighted by atomic mass is 10.1. The molecule has 1 aromatic heterocycles. The molecule has 0 saturated carbocycles. The molecule has 0 aliphatic heterocycles. The van der Waals surface area contributed by atoms with Crippen LogP contribution < -0.4 is 10.2 Å². The summed E-state index contributed by atoms with van der Waals surface area (Å²) in [5.74, 6) is -0.708. The van der Waals surface area contributed by atoms with Crippen molar-refractivity contribution in [2.75, 3.05) is 20.6 Å². The molecule has 2 aromatic rings. The minimum absolute atomic E-state index is 0.00278. The van der Waals surface area contributed by atoms with Crippen molar-refractivity contribution in [2.45, 2.75) is 12.2 Å². The monoisotopic (exact) mass is 343 g/mol. The third-order valence-corrected chi connectivity index (χ3v) is 4.51. The molecule has 0 aliphatic carbocycles. The fraction of sp³-hybridized carbons (Fsp3) is 0.312. The number of halogens is 3. The molecule has 1 heterocycles. The van der Waals surface area contributed by atoms with Crippen LogP contribution in [-0.4, -0.2) is 26.5 Å². The van der Waals surface area contributed by atoms with Gasteiger partial charge in [-0.3, -0.25) is 4.79 Å². The summed E-state index contributed by atoms with van der Waals surface area (Å²) < 4.78 is 38.9. The van der Waals surface area contributed by atoms with Crippen LogP contribution >= 0.6 is 11.3 Å². The number of amides is 1. The Morgan fingerprint density at radius 3 is 2.48 bits per heavy atom. The fourth-order valence-corrected chi connectivity index (χ4v) is 3.25. The Morgan fingerprint density at radius 2 is 1.91 bits per heavy atom. The number of hydrogen-bond donors (Lipinski definition) is 2. The Balaban J connectivity index is 2.14. The van der Waals surface area contributed by atoms with Gasteiger partial charge in [0.15, 0.2) is 0 Å². The summed E-state index contributed by atoms with van der Waals surface area (Å²) in [6.45, 7) is 0.272. The lowest BCUT2D eigenvalue weighted by molar-refractivity contribution is -0.890. The minimum atomic E-state index is -4.55. The summed E-state index contributed by atoms with van der Waals surface area (Å²) in [4.78, 5) is 14.4. The third kappa shape index (κ3) is 4.33. The molecule has 7 heteroatoms. The number of benzene rings is 1. The number of carbonyl (C=O) groups is 1. The van der Waals surface area contributed by atoms with Crippen LogP contribution in [0.2, 0.25) is 0 Å². The Bertz CT molecular complexity index is 654. The van der Waals surface area contributed by atoms with E-state index in [1.807, 2.05) is 31.6 Å². The molecule has 0 saturated heterocycles. The highest BCUT2D eigenvalue weighted by atomic mass is 32.1. The van der Waals surface area contributed by atoms with Crippen LogP contribution in [0.1, 0.15) is 26.8 Å². The van der Waals surface area contributed by atoms with Gasteiger partial charge in [0.1, 0.15) is 6.04 Å². The standard InChI is InChI=1S/C16H17F3N2OS/c1-21(2)13(14-8-5-9-23-14)10-20-15(22)11-6-3-4-7-12(11)16(17,18)19/h3-9,13H,10H2,1-2H3,(H,20,22)/p+1/t13-/m0/s1. The topological polar surface area (TPSA) is 33.5 Å². The highest BCUT2D eigenvalue weighted by molar-refractivity contribution is 7.10. The second-order valence-corrected chi connectivity index (χ2v) is 6.38. The molecule has 1 amide bonds. The summed E-state index contributed by atoms with van der Waals surface area (Å²) in [6, 6.07) is 8.69. The highest BCUT2D eigenvalue weighted by Crippen LogP contribution is 2.31. The predicted octanol–water partition coefficient (Wildman–Crippen LogP) is 2.38. The number of alkyl halides is 3. The third-order valence-electron chi connectivity index (χ3n) is 3.53. The van der Waals surface area contributed by atoms with Crippen molar-refractivity contribution in [2.24, 2.45) is 0 Å². The molecule has 0 bridgehead atoms. The molecule has 23 heavy (non-hydrogen) atoms. The Morgan fingerprint density at radius 1 is 1.22 bits per heavy atom. The maximum Gasteiger partial charge on any atom is 0.417 e. The first-order valence-corrected chi connectivity index (χ1v) is 7.96. The number of thiophene rings is 1. The van der Waals surface area contributed by atoms with Crippen molar-refractivity contribution in [1.82, 2.24) is 5.32 Å². The minimum Gasteiger partial charge on any atom is -0.346 e. The molecule has 0 radical (unpaired) electrons. The van der Waals surface area contributed by atoms with Crippen molar-refractivity contribution in [3.63, 3.8) is 0 Å². The lowest BCUT2D eigenvalue weighted by Gasteiger charge is -2.21. The van der Waals surface area contributed by atoms with Gasteiger partial charge in [-0.05, 0) is 23.6 Å². The first-order chi connectivity index (χ1) is 10.8. The van der Waals surface area contributed by atoms with Gasteiger partial charge in [-0.2, -0.15) is 13.2 Å². The molecule has 0 spiro atoms. The normalized spacial score (nSPS) is 13.1. The van der Waals surface area contributed by atoms with Crippen LogP contribution in [-0.2, 0) is 6.18 Å². The number of rotatable bonds is 5. The van der Waals surface area contributed by atoms with E-state index >= 15 is 0 Å². The molecule has 3 nitrogen and oxygen atoms in total. The second-order valence-electron chi connectivity index (χ2n) is 5.40. The van der Waals surface area contributed by atoms with Gasteiger partial charge < -0.3 is 10.2 Å². The van der Waals surface area contributed by atoms with Gasteiger partial charge in [-0.15, -0.1) is 11.3 Å². The first kappa shape index (κ1) is 17.5. The lowest BCUT2D eigenvalue weighted by Crippen LogP contribution is -3.06. The van der Waals surface area contributed by atoms with Gasteiger partial charge >= 0.3 is 6.18 Å². The molecule has 0 aliphatic rings. The van der Waals surface area contributed by atoms with E-state index in [9.17, 15) is 18.0 Å². The number of nitrogens with one attached hydrogen (secondary N) is 2. The average Bonchev–Trinajstić information content (AvgIpc) is 3.00. The fourth-order valence-electron chi connectivity index (χ4n) is 2.30. The molecule has 0 fully saturated rings. The van der Waals surface area contributed by atoms with Crippen LogP contribution in [0.4, 0.5) is 13.2 Å². The summed E-state index contributed by atoms with van der Waals surface area (Å²) in [6.07, 6.45) is -4.55. The van der Waals surface area contributed by atoms with Crippen molar-refractivity contribution in [1.29, 1.82) is 0 Å². The van der Waals surface area contributed by atoms with Gasteiger partial charge in [0.05, 0.1) is 36.6 Å². The van der Waals surface area contributed by atoms with E-state index in [4.69, 9.17) is 0 Å². The summed E-state index contributed by atoms with van der Waals surface area (Å²) >= 11 is 1.56. The Kier molecular flexibility index (Phi) is 5.43. The largest absolute Gasteiger partial charge is 0.417 e. The van der Waals surface area contributed by atoms with Crippen molar-refractivity contribution in [3.05, 3.63) is 57.8 Å². The van der Waals surface area contributed by atoms with E-state index in [2.05, 4.69) is 5.32 Å². The molecule has 2 rings (SSSR count). The second kappa shape index (κ2) is 7.14. The summed E-state index contributed by atoms with van der Waals surface area (Å²) in [5, 5.41) is 4.56. The van der Waals surface area contributed by atoms with Crippen molar-refractivity contribution >= 4 is 17.2 Å². The van der Waals surface area contributed by atoms with Crippen LogP contribution in [0, 0.1) is 0 Å². The van der Waals surface area contributed by atoms with E-state index in [0.29, 0.717) is 0 Å². The van der Waals surface area contributed by atoms with Gasteiger partial charge in [-0.25, -0.2) is 0 Å². The molecule has 124 valence electrons. The van der Waals surface area contributed by atoms with Crippen LogP contribution in [0.15, 0.2) is 41.8 Å². The van der Waals surface area contributed by atoms with E-state index < -0.39 is 17.6 Å². The summed E-state index contributed by atoms with van der Waals surface area (Å²) in [5.41, 5.74) is -1.26. The van der Waals surface area contributed by atoms with Crippen molar-refractivity contribution in [3.8, 4) is 0 Å². The first-order valence-electron chi connectivity index (χ1n) is 7.08. The SMILES string of the molecule is C[NH+](C)[C@@H](CNC(=O)c1ccccc1C(F)(F)F)c1cccs1. The zero-order valence-electron chi connectivity index (χ0n) is 12.8. The number of quaternary nitrogens is 1. The maximum atomic E-state index is 13.0. The molecule has 2 N–H and O–H groups in total. The predicted molar refractivity (Wildman–Crippen MR) is 83.6 cm³/mol. The van der Waals surface area contributed by atoms with E-state index in [1.165, 1.54) is 18.2 Å². The van der Waals surface area contributed by atoms with Gasteiger partial charge in [0, 0.05) is 0 Å².